The summed E-state index contributed by atoms with van der Waals surface area (Å²) in [5.74, 6) is -3.35. The van der Waals surface area contributed by atoms with Gasteiger partial charge in [0.2, 0.25) is 0 Å². The molecule has 4 amide bonds. The summed E-state index contributed by atoms with van der Waals surface area (Å²) in [7, 11) is 1.21. The second kappa shape index (κ2) is 10.6. The maximum absolute atomic E-state index is 14.9. The molecule has 4 aromatic carbocycles. The topological polar surface area (TPSA) is 74.8 Å². The molecule has 0 aromatic heterocycles. The Bertz CT molecular complexity index is 2070. The SMILES string of the molecule is Cc1cccc(C(C)(c2cccc(N3C(=O)c4ccc(C(C)(c5ccc6c(c5)C(=O)N(C)C6=O)C(F)(F)F)cc4C3=O)c2)C(F)(F)F)c1. The molecule has 0 bridgehead atoms. The number of rotatable bonds is 5. The van der Waals surface area contributed by atoms with Crippen molar-refractivity contribution in [3.05, 3.63) is 135 Å². The molecule has 2 heterocycles. The number of carbonyl (C=O) groups excluding carboxylic acids is 4. The van der Waals surface area contributed by atoms with Gasteiger partial charge in [0, 0.05) is 7.05 Å². The normalized spacial score (nSPS) is 17.4. The molecule has 2 aliphatic rings. The van der Waals surface area contributed by atoms with Gasteiger partial charge in [0.25, 0.3) is 23.6 Å². The van der Waals surface area contributed by atoms with E-state index in [1.54, 1.807) is 13.0 Å². The zero-order valence-electron chi connectivity index (χ0n) is 25.9. The Hall–Kier alpha value is -5.26. The van der Waals surface area contributed by atoms with Crippen LogP contribution < -0.4 is 4.90 Å². The second-order valence-corrected chi connectivity index (χ2v) is 12.3. The fourth-order valence-corrected chi connectivity index (χ4v) is 6.36. The molecule has 0 aliphatic carbocycles. The summed E-state index contributed by atoms with van der Waals surface area (Å²) in [5, 5.41) is 0. The molecule has 0 radical (unpaired) electrons. The van der Waals surface area contributed by atoms with Gasteiger partial charge < -0.3 is 0 Å². The van der Waals surface area contributed by atoms with Crippen molar-refractivity contribution >= 4 is 29.3 Å². The summed E-state index contributed by atoms with van der Waals surface area (Å²) in [6.07, 6.45) is -9.77. The monoisotopic (exact) mass is 664 g/mol. The lowest BCUT2D eigenvalue weighted by Crippen LogP contribution is -2.41. The smallest absolute Gasteiger partial charge is 0.277 e. The van der Waals surface area contributed by atoms with Gasteiger partial charge in [-0.25, -0.2) is 4.90 Å². The Kier molecular flexibility index (Phi) is 7.23. The number of amides is 4. The van der Waals surface area contributed by atoms with Gasteiger partial charge in [0.1, 0.15) is 10.8 Å². The van der Waals surface area contributed by atoms with E-state index >= 15 is 0 Å². The minimum Gasteiger partial charge on any atom is -0.277 e. The number of benzene rings is 4. The van der Waals surface area contributed by atoms with Crippen LogP contribution in [0.4, 0.5) is 32.0 Å². The average Bonchev–Trinajstić information content (AvgIpc) is 3.41. The molecule has 6 nitrogen and oxygen atoms in total. The van der Waals surface area contributed by atoms with Gasteiger partial charge in [-0.15, -0.1) is 0 Å². The van der Waals surface area contributed by atoms with Crippen LogP contribution in [0.15, 0.2) is 84.9 Å². The van der Waals surface area contributed by atoms with E-state index < -0.39 is 52.4 Å². The first-order chi connectivity index (χ1) is 22.3. The number of alkyl halides is 6. The third-order valence-corrected chi connectivity index (χ3v) is 9.54. The molecule has 12 heteroatoms. The van der Waals surface area contributed by atoms with Crippen LogP contribution in [0.25, 0.3) is 0 Å². The Morgan fingerprint density at radius 2 is 0.917 bits per heavy atom. The van der Waals surface area contributed by atoms with Crippen molar-refractivity contribution in [2.45, 2.75) is 44.0 Å². The molecule has 4 aromatic rings. The maximum Gasteiger partial charge on any atom is 0.402 e. The number of aryl methyl sites for hydroxylation is 1. The quantitative estimate of drug-likeness (QED) is 0.162. The van der Waals surface area contributed by atoms with Crippen molar-refractivity contribution in [1.29, 1.82) is 0 Å². The van der Waals surface area contributed by atoms with E-state index in [2.05, 4.69) is 0 Å². The molecule has 0 saturated heterocycles. The van der Waals surface area contributed by atoms with Crippen molar-refractivity contribution in [1.82, 2.24) is 4.90 Å². The standard InChI is InChI=1S/C36H26F6N2O4/c1-19-7-5-8-20(15-19)33(2,35(37,38)39)21-9-6-10-24(16-21)44-31(47)26-14-12-23(18-28(26)32(44)48)34(3,36(40,41)42)22-11-13-25-27(17-22)30(46)43(4)29(25)45/h5-18H,1-4H3. The Morgan fingerprint density at radius 1 is 0.500 bits per heavy atom. The maximum atomic E-state index is 14.9. The summed E-state index contributed by atoms with van der Waals surface area (Å²) in [6.45, 7) is 3.50. The van der Waals surface area contributed by atoms with Crippen LogP contribution in [0.1, 0.15) is 83.1 Å². The van der Waals surface area contributed by atoms with E-state index in [9.17, 15) is 45.5 Å². The highest BCUT2D eigenvalue weighted by atomic mass is 19.4. The van der Waals surface area contributed by atoms with Crippen molar-refractivity contribution in [3.63, 3.8) is 0 Å². The predicted molar refractivity (Wildman–Crippen MR) is 163 cm³/mol. The Labute approximate surface area is 270 Å². The second-order valence-electron chi connectivity index (χ2n) is 12.3. The number of carbonyl (C=O) groups is 4. The molecule has 2 atom stereocenters. The largest absolute Gasteiger partial charge is 0.402 e. The number of anilines is 1. The minimum absolute atomic E-state index is 0.0487. The highest BCUT2D eigenvalue weighted by Gasteiger charge is 2.56. The molecule has 0 spiro atoms. The van der Waals surface area contributed by atoms with Gasteiger partial charge in [-0.05, 0) is 79.4 Å². The van der Waals surface area contributed by atoms with Crippen molar-refractivity contribution < 1.29 is 45.5 Å². The molecular weight excluding hydrogens is 638 g/mol. The number of nitrogens with zero attached hydrogens (tertiary/aromatic N) is 2. The molecule has 48 heavy (non-hydrogen) atoms. The van der Waals surface area contributed by atoms with Crippen molar-refractivity contribution in [2.24, 2.45) is 0 Å². The summed E-state index contributed by atoms with van der Waals surface area (Å²) in [5.41, 5.74) is -6.92. The van der Waals surface area contributed by atoms with Crippen LogP contribution >= 0.6 is 0 Å². The lowest BCUT2D eigenvalue weighted by molar-refractivity contribution is -0.173. The predicted octanol–water partition coefficient (Wildman–Crippen LogP) is 7.76. The third kappa shape index (κ3) is 4.56. The molecule has 0 saturated carbocycles. The molecule has 0 N–H and O–H groups in total. The zero-order valence-corrected chi connectivity index (χ0v) is 25.9. The van der Waals surface area contributed by atoms with Crippen LogP contribution in [0.2, 0.25) is 0 Å². The van der Waals surface area contributed by atoms with Crippen LogP contribution in [-0.4, -0.2) is 47.9 Å². The number of halogens is 6. The average molecular weight is 665 g/mol. The van der Waals surface area contributed by atoms with Crippen LogP contribution in [0, 0.1) is 6.92 Å². The first kappa shape index (κ1) is 32.7. The van der Waals surface area contributed by atoms with Crippen LogP contribution in [-0.2, 0) is 10.8 Å². The van der Waals surface area contributed by atoms with Crippen molar-refractivity contribution in [2.75, 3.05) is 11.9 Å². The van der Waals surface area contributed by atoms with E-state index in [1.807, 2.05) is 0 Å². The van der Waals surface area contributed by atoms with E-state index in [0.717, 1.165) is 61.2 Å². The molecule has 6 rings (SSSR count). The van der Waals surface area contributed by atoms with Gasteiger partial charge in [0.15, 0.2) is 0 Å². The number of hydrogen-bond donors (Lipinski definition) is 0. The molecule has 2 aliphatic heterocycles. The molecule has 2 unspecified atom stereocenters. The van der Waals surface area contributed by atoms with Gasteiger partial charge in [-0.3, -0.25) is 24.1 Å². The van der Waals surface area contributed by atoms with Gasteiger partial charge >= 0.3 is 12.4 Å². The van der Waals surface area contributed by atoms with Gasteiger partial charge in [-0.2, -0.15) is 26.3 Å². The number of imide groups is 2. The highest BCUT2D eigenvalue weighted by molar-refractivity contribution is 6.34. The Morgan fingerprint density at radius 3 is 1.44 bits per heavy atom. The summed E-state index contributed by atoms with van der Waals surface area (Å²) < 4.78 is 89.0. The lowest BCUT2D eigenvalue weighted by atomic mass is 9.74. The summed E-state index contributed by atoms with van der Waals surface area (Å²) in [4.78, 5) is 53.6. The summed E-state index contributed by atoms with van der Waals surface area (Å²) >= 11 is 0. The van der Waals surface area contributed by atoms with Crippen molar-refractivity contribution in [3.8, 4) is 0 Å². The third-order valence-electron chi connectivity index (χ3n) is 9.54. The first-order valence-corrected chi connectivity index (χ1v) is 14.6. The molecule has 246 valence electrons. The zero-order chi connectivity index (χ0) is 35.1. The van der Waals surface area contributed by atoms with Gasteiger partial charge in [-0.1, -0.05) is 54.1 Å². The van der Waals surface area contributed by atoms with E-state index in [0.29, 0.717) is 10.5 Å². The highest BCUT2D eigenvalue weighted by Crippen LogP contribution is 2.49. The molecule has 0 fully saturated rings. The number of hydrogen-bond acceptors (Lipinski definition) is 4. The van der Waals surface area contributed by atoms with E-state index in [-0.39, 0.29) is 44.6 Å². The van der Waals surface area contributed by atoms with Gasteiger partial charge in [0.05, 0.1) is 27.9 Å². The van der Waals surface area contributed by atoms with E-state index in [4.69, 9.17) is 0 Å². The lowest BCUT2D eigenvalue weighted by Gasteiger charge is -2.34. The van der Waals surface area contributed by atoms with Crippen LogP contribution in [0.5, 0.6) is 0 Å². The fourth-order valence-electron chi connectivity index (χ4n) is 6.36. The Balaban J connectivity index is 1.43. The minimum atomic E-state index is -4.98. The molecular formula is C36H26F6N2O4. The van der Waals surface area contributed by atoms with Crippen LogP contribution in [0.3, 0.4) is 0 Å². The first-order valence-electron chi connectivity index (χ1n) is 14.6. The van der Waals surface area contributed by atoms with E-state index in [1.165, 1.54) is 43.4 Å². The fraction of sp³-hybridized carbons (Fsp3) is 0.222. The number of fused-ring (bicyclic) bond motifs is 2. The summed E-state index contributed by atoms with van der Waals surface area (Å²) in [6, 6.07) is 17.0.